The smallest absolute Gasteiger partial charge is 0.254 e. The van der Waals surface area contributed by atoms with E-state index in [1.807, 2.05) is 6.08 Å². The van der Waals surface area contributed by atoms with Crippen molar-refractivity contribution < 1.29 is 33.8 Å². The number of hydrogen-bond acceptors (Lipinski definition) is 7. The van der Waals surface area contributed by atoms with Crippen molar-refractivity contribution in [3.63, 3.8) is 0 Å². The Balaban J connectivity index is 1.45. The zero-order chi connectivity index (χ0) is 30.8. The van der Waals surface area contributed by atoms with Gasteiger partial charge in [0.2, 0.25) is 11.8 Å². The molecule has 12 heteroatoms. The van der Waals surface area contributed by atoms with Crippen LogP contribution in [0.25, 0.3) is 0 Å². The minimum atomic E-state index is -1.89. The fourth-order valence-corrected chi connectivity index (χ4v) is 8.57. The van der Waals surface area contributed by atoms with E-state index < -0.39 is 51.1 Å². The molecule has 0 unspecified atom stereocenters. The van der Waals surface area contributed by atoms with E-state index in [2.05, 4.69) is 15.9 Å². The van der Waals surface area contributed by atoms with Gasteiger partial charge in [0.1, 0.15) is 12.4 Å². The molecule has 3 fully saturated rings. The topological polar surface area (TPSA) is 121 Å². The van der Waals surface area contributed by atoms with Crippen LogP contribution < -0.4 is 9.64 Å². The zero-order valence-corrected chi connectivity index (χ0v) is 26.1. The van der Waals surface area contributed by atoms with E-state index in [1.54, 1.807) is 48.5 Å². The first-order valence-electron chi connectivity index (χ1n) is 13.8. The summed E-state index contributed by atoms with van der Waals surface area (Å²) in [6.07, 6.45) is 2.00. The van der Waals surface area contributed by atoms with Crippen molar-refractivity contribution in [3.8, 4) is 5.75 Å². The summed E-state index contributed by atoms with van der Waals surface area (Å²) in [5.41, 5.74) is 1.98. The molecule has 6 rings (SSSR count). The number of halogens is 3. The molecular weight excluding hydrogens is 663 g/mol. The van der Waals surface area contributed by atoms with Crippen LogP contribution >= 0.6 is 39.1 Å². The van der Waals surface area contributed by atoms with Crippen molar-refractivity contribution in [2.75, 3.05) is 23.6 Å². The predicted molar refractivity (Wildman–Crippen MR) is 161 cm³/mol. The van der Waals surface area contributed by atoms with Gasteiger partial charge in [-0.2, -0.15) is 0 Å². The highest BCUT2D eigenvalue weighted by Gasteiger charge is 2.76. The number of likely N-dealkylation sites (tertiary alicyclic amines) is 1. The summed E-state index contributed by atoms with van der Waals surface area (Å²) >= 11 is 17.7. The average molecular weight is 690 g/mol. The number of carbonyl (C=O) groups is 5. The Hall–Kier alpha value is -3.05. The Morgan fingerprint density at radius 1 is 1.00 bits per heavy atom. The number of ether oxygens (including phenoxy) is 1. The number of allylic oxidation sites excluding steroid dienone is 2. The molecule has 2 saturated heterocycles. The molecule has 6 atom stereocenters. The van der Waals surface area contributed by atoms with Gasteiger partial charge in [-0.1, -0.05) is 39.7 Å². The molecule has 224 valence electrons. The van der Waals surface area contributed by atoms with Gasteiger partial charge >= 0.3 is 0 Å². The number of carbonyl (C=O) groups excluding carboxylic acids is 5. The minimum absolute atomic E-state index is 0.0978. The maximum Gasteiger partial charge on any atom is 0.254 e. The highest BCUT2D eigenvalue weighted by molar-refractivity contribution is 9.09. The number of Topliss-reactive ketones (excluding diaryl/α,β-unsaturated/α-hetero) is 1. The number of hydrogen-bond donors (Lipinski definition) is 1. The second kappa shape index (κ2) is 10.8. The number of benzene rings is 2. The van der Waals surface area contributed by atoms with Crippen molar-refractivity contribution in [1.29, 1.82) is 0 Å². The standard InChI is InChI=1S/C31H27BrCl2N2O7/c1-16(38)17-2-6-19(7-3-17)36-26(39)22-11-10-21-23(24(22)27(36)40)14-30(33)28(41)35(15-32)29(42)31(30,34)25(21)18-4-8-20(9-5-18)43-13-12-37/h2-10,22-25,37H,11-15H2,1H3/t22-,23+,24-,25-,30+,31-/m0/s1. The third-order valence-electron chi connectivity index (χ3n) is 9.12. The summed E-state index contributed by atoms with van der Waals surface area (Å²) < 4.78 is 5.50. The van der Waals surface area contributed by atoms with Gasteiger partial charge in [0.25, 0.3) is 11.8 Å². The van der Waals surface area contributed by atoms with Crippen molar-refractivity contribution in [2.45, 2.75) is 35.4 Å². The highest BCUT2D eigenvalue weighted by Crippen LogP contribution is 2.65. The lowest BCUT2D eigenvalue weighted by Crippen LogP contribution is -2.60. The highest BCUT2D eigenvalue weighted by atomic mass is 79.9. The van der Waals surface area contributed by atoms with Crippen molar-refractivity contribution in [1.82, 2.24) is 4.90 Å². The van der Waals surface area contributed by atoms with Crippen LogP contribution in [0.4, 0.5) is 5.69 Å². The Bertz CT molecular complexity index is 1580. The second-order valence-corrected chi connectivity index (χ2v) is 13.0. The fourth-order valence-electron chi connectivity index (χ4n) is 7.15. The maximum atomic E-state index is 14.1. The van der Waals surface area contributed by atoms with Gasteiger partial charge in [0, 0.05) is 11.5 Å². The SMILES string of the molecule is CC(=O)c1ccc(N2C(=O)[C@H]3[C@H](CC=C4[C@H]3C[C@@]3(Cl)C(=O)N(CBr)C(=O)[C@@]3(Cl)[C@H]4c3ccc(OCCO)cc3)C2=O)cc1. The molecule has 4 aliphatic rings. The number of anilines is 1. The quantitative estimate of drug-likeness (QED) is 0.152. The van der Waals surface area contributed by atoms with E-state index >= 15 is 0 Å². The number of nitrogens with zero attached hydrogens (tertiary/aromatic N) is 2. The molecule has 0 radical (unpaired) electrons. The number of imide groups is 2. The molecule has 2 aliphatic heterocycles. The average Bonchev–Trinajstić information content (AvgIpc) is 3.34. The minimum Gasteiger partial charge on any atom is -0.491 e. The molecule has 0 aromatic heterocycles. The first-order valence-corrected chi connectivity index (χ1v) is 15.7. The Labute approximate surface area is 265 Å². The summed E-state index contributed by atoms with van der Waals surface area (Å²) in [6.45, 7) is 1.37. The van der Waals surface area contributed by atoms with Crippen LogP contribution in [-0.4, -0.2) is 67.8 Å². The van der Waals surface area contributed by atoms with E-state index in [9.17, 15) is 24.0 Å². The summed E-state index contributed by atoms with van der Waals surface area (Å²) in [7, 11) is 0. The van der Waals surface area contributed by atoms with Gasteiger partial charge in [-0.3, -0.25) is 33.8 Å². The summed E-state index contributed by atoms with van der Waals surface area (Å²) in [5, 5.41) is 9.11. The van der Waals surface area contributed by atoms with E-state index in [1.165, 1.54) is 6.92 Å². The molecule has 2 aromatic carbocycles. The second-order valence-electron chi connectivity index (χ2n) is 11.2. The van der Waals surface area contributed by atoms with Crippen LogP contribution in [0.2, 0.25) is 0 Å². The number of alkyl halides is 3. The van der Waals surface area contributed by atoms with Crippen LogP contribution in [0.3, 0.4) is 0 Å². The van der Waals surface area contributed by atoms with E-state index in [0.717, 1.165) is 9.80 Å². The van der Waals surface area contributed by atoms with Crippen molar-refractivity contribution in [2.24, 2.45) is 17.8 Å². The molecule has 0 bridgehead atoms. The van der Waals surface area contributed by atoms with Gasteiger partial charge in [-0.25, -0.2) is 0 Å². The van der Waals surface area contributed by atoms with Crippen LogP contribution in [0.1, 0.15) is 41.6 Å². The monoisotopic (exact) mass is 688 g/mol. The maximum absolute atomic E-state index is 14.1. The van der Waals surface area contributed by atoms with Crippen molar-refractivity contribution >= 4 is 74.2 Å². The fraction of sp³-hybridized carbons (Fsp3) is 0.387. The lowest BCUT2D eigenvalue weighted by molar-refractivity contribution is -0.138. The molecule has 2 heterocycles. The van der Waals surface area contributed by atoms with E-state index in [4.69, 9.17) is 33.0 Å². The van der Waals surface area contributed by atoms with Gasteiger partial charge in [0.05, 0.1) is 29.6 Å². The summed E-state index contributed by atoms with van der Waals surface area (Å²) in [6, 6.07) is 13.1. The van der Waals surface area contributed by atoms with E-state index in [-0.39, 0.29) is 43.2 Å². The molecule has 1 N–H and O–H groups in total. The van der Waals surface area contributed by atoms with Gasteiger partial charge < -0.3 is 9.84 Å². The predicted octanol–water partition coefficient (Wildman–Crippen LogP) is 4.18. The molecule has 2 aliphatic carbocycles. The normalized spacial score (nSPS) is 31.5. The third kappa shape index (κ3) is 4.24. The number of fused-ring (bicyclic) bond motifs is 4. The molecule has 2 aromatic rings. The van der Waals surface area contributed by atoms with Crippen LogP contribution in [0.15, 0.2) is 60.2 Å². The number of aliphatic hydroxyl groups excluding tert-OH is 1. The number of amides is 4. The molecule has 43 heavy (non-hydrogen) atoms. The Kier molecular flexibility index (Phi) is 7.56. The van der Waals surface area contributed by atoms with Gasteiger partial charge in [-0.05, 0) is 67.6 Å². The Morgan fingerprint density at radius 2 is 1.67 bits per heavy atom. The third-order valence-corrected chi connectivity index (χ3v) is 11.0. The largest absolute Gasteiger partial charge is 0.491 e. The number of ketones is 1. The van der Waals surface area contributed by atoms with E-state index in [0.29, 0.717) is 28.1 Å². The van der Waals surface area contributed by atoms with Gasteiger partial charge in [0.15, 0.2) is 15.5 Å². The lowest BCUT2D eigenvalue weighted by Gasteiger charge is -2.50. The van der Waals surface area contributed by atoms with Crippen LogP contribution in [-0.2, 0) is 19.2 Å². The molecule has 0 spiro atoms. The molecule has 9 nitrogen and oxygen atoms in total. The lowest BCUT2D eigenvalue weighted by atomic mass is 9.56. The van der Waals surface area contributed by atoms with Crippen LogP contribution in [0.5, 0.6) is 5.75 Å². The zero-order valence-electron chi connectivity index (χ0n) is 23.0. The number of rotatable bonds is 7. The summed E-state index contributed by atoms with van der Waals surface area (Å²) in [4.78, 5) is 65.5. The number of aliphatic hydroxyl groups is 1. The molecule has 1 saturated carbocycles. The Morgan fingerprint density at radius 3 is 2.28 bits per heavy atom. The first kappa shape index (κ1) is 30.0. The van der Waals surface area contributed by atoms with Crippen molar-refractivity contribution in [3.05, 3.63) is 71.3 Å². The molecule has 4 amide bonds. The van der Waals surface area contributed by atoms with Crippen LogP contribution in [0, 0.1) is 17.8 Å². The first-order chi connectivity index (χ1) is 20.5. The van der Waals surface area contributed by atoms with Gasteiger partial charge in [-0.15, -0.1) is 23.2 Å². The molecular formula is C31H27BrCl2N2O7. The summed E-state index contributed by atoms with van der Waals surface area (Å²) in [5.74, 6) is -4.79.